The molecular formula is C54H43LiO9P3RhS3. The zero-order valence-electron chi connectivity index (χ0n) is 38.8. The van der Waals surface area contributed by atoms with Crippen molar-refractivity contribution in [2.75, 3.05) is 0 Å². The molecule has 0 unspecified atom stereocenters. The number of hydrogen-bond donors (Lipinski definition) is 0. The predicted octanol–water partition coefficient (Wildman–Crippen LogP) is 4.16. The normalized spacial score (nSPS) is 11.2. The summed E-state index contributed by atoms with van der Waals surface area (Å²) in [6.45, 7) is 0. The van der Waals surface area contributed by atoms with E-state index in [0.29, 0.717) is 0 Å². The Kier molecular flexibility index (Phi) is 21.5. The molecule has 9 aromatic carbocycles. The van der Waals surface area contributed by atoms with Gasteiger partial charge in [-0.15, -0.1) is 0 Å². The Hall–Kier alpha value is -4.78. The van der Waals surface area contributed by atoms with Crippen molar-refractivity contribution in [2.24, 2.45) is 0 Å². The van der Waals surface area contributed by atoms with Crippen LogP contribution < -0.4 is 66.6 Å². The Morgan fingerprint density at radius 2 is 0.366 bits per heavy atom. The number of rotatable bonds is 12. The van der Waals surface area contributed by atoms with Gasteiger partial charge in [-0.05, 0) is 108 Å². The smallest absolute Gasteiger partial charge is 1.00 e. The summed E-state index contributed by atoms with van der Waals surface area (Å²) in [5.74, 6) is 0. The van der Waals surface area contributed by atoms with Gasteiger partial charge in [0.15, 0.2) is 0 Å². The first-order valence-electron chi connectivity index (χ1n) is 21.1. The van der Waals surface area contributed by atoms with Crippen molar-refractivity contribution in [1.29, 1.82) is 0 Å². The maximum atomic E-state index is 11.1. The largest absolute Gasteiger partial charge is 3.00 e. The maximum absolute atomic E-state index is 11.1. The van der Waals surface area contributed by atoms with Crippen molar-refractivity contribution >= 4 is 102 Å². The van der Waals surface area contributed by atoms with Gasteiger partial charge in [-0.25, -0.2) is 25.3 Å². The van der Waals surface area contributed by atoms with Crippen LogP contribution in [0.3, 0.4) is 0 Å². The quantitative estimate of drug-likeness (QED) is 0.0991. The zero-order chi connectivity index (χ0) is 48.9. The molecule has 0 fully saturated rings. The van der Waals surface area contributed by atoms with E-state index in [1.54, 1.807) is 36.4 Å². The van der Waals surface area contributed by atoms with Crippen LogP contribution >= 0.6 is 23.8 Å². The van der Waals surface area contributed by atoms with Crippen LogP contribution in [-0.4, -0.2) is 38.9 Å². The molecule has 9 nitrogen and oxygen atoms in total. The summed E-state index contributed by atoms with van der Waals surface area (Å²) in [4.78, 5) is -0.591. The Labute approximate surface area is 446 Å². The van der Waals surface area contributed by atoms with E-state index in [1.807, 2.05) is 109 Å². The molecule has 0 aliphatic heterocycles. The minimum Gasteiger partial charge on any atom is -1.00 e. The fourth-order valence-corrected chi connectivity index (χ4v) is 15.3. The van der Waals surface area contributed by atoms with Crippen molar-refractivity contribution in [3.63, 3.8) is 0 Å². The first kappa shape index (κ1) is 57.1. The molecule has 0 atom stereocenters. The Balaban J connectivity index is 0.000000230. The van der Waals surface area contributed by atoms with Crippen molar-refractivity contribution < 1.29 is 78.7 Å². The molecule has 0 saturated heterocycles. The van der Waals surface area contributed by atoms with Gasteiger partial charge in [-0.1, -0.05) is 218 Å². The molecule has 71 heavy (non-hydrogen) atoms. The summed E-state index contributed by atoms with van der Waals surface area (Å²) in [7, 11) is -15.6. The van der Waals surface area contributed by atoms with Crippen LogP contribution in [0.5, 0.6) is 0 Å². The first-order valence-corrected chi connectivity index (χ1v) is 29.3. The number of hydrogen-bond acceptors (Lipinski definition) is 9. The fraction of sp³-hybridized carbons (Fsp3) is 0. The molecule has 0 aliphatic rings. The molecule has 0 heterocycles. The Morgan fingerprint density at radius 3 is 0.493 bits per heavy atom. The van der Waals surface area contributed by atoms with Gasteiger partial charge in [0, 0.05) is 0 Å². The SMILES string of the molecule is O=S(=O)([O-])c1ccc(P(c2ccccc2)c2ccccc2)cc1.O=S(=O)([O-])c1ccc(P(c2ccccc2)c2ccccc2)cc1.O=S(=O)([O-])c1ccc(P(c2ccccc2)c2ccccc2)cc1.[H-].[Li+].[Rh+3]. The standard InChI is InChI=1S/3C18H15O3PS.Li.Rh.H/c3*19-23(20,21)18-13-11-17(12-14-18)22(15-7-3-1-4-8-15)16-9-5-2-6-10-16;;;/h3*1-14H,(H,19,20,21);;;/q;;;+1;+3;-1/p-3. The van der Waals surface area contributed by atoms with Gasteiger partial charge in [0.2, 0.25) is 0 Å². The molecule has 0 aromatic heterocycles. The van der Waals surface area contributed by atoms with E-state index in [2.05, 4.69) is 72.8 Å². The van der Waals surface area contributed by atoms with E-state index in [9.17, 15) is 38.9 Å². The van der Waals surface area contributed by atoms with Crippen LogP contribution in [0.4, 0.5) is 0 Å². The summed E-state index contributed by atoms with van der Waals surface area (Å²) in [6, 6.07) is 79.2. The predicted molar refractivity (Wildman–Crippen MR) is 280 cm³/mol. The van der Waals surface area contributed by atoms with Crippen molar-refractivity contribution in [3.8, 4) is 0 Å². The summed E-state index contributed by atoms with van der Waals surface area (Å²) < 4.78 is 99.9. The molecule has 0 spiro atoms. The molecule has 9 rings (SSSR count). The van der Waals surface area contributed by atoms with Crippen LogP contribution in [0, 0.1) is 0 Å². The van der Waals surface area contributed by atoms with Crippen molar-refractivity contribution in [3.05, 3.63) is 255 Å². The van der Waals surface area contributed by atoms with Crippen LogP contribution in [0.25, 0.3) is 0 Å². The molecule has 0 aliphatic carbocycles. The third-order valence-corrected chi connectivity index (χ3v) is 20.1. The van der Waals surface area contributed by atoms with Gasteiger partial charge in [0.1, 0.15) is 30.4 Å². The zero-order valence-corrected chi connectivity index (χ0v) is 44.6. The maximum Gasteiger partial charge on any atom is 3.00 e. The summed E-state index contributed by atoms with van der Waals surface area (Å²) in [6.07, 6.45) is 0. The topological polar surface area (TPSA) is 172 Å². The van der Waals surface area contributed by atoms with Crippen LogP contribution in [-0.2, 0) is 49.8 Å². The van der Waals surface area contributed by atoms with Gasteiger partial charge in [-0.3, -0.25) is 0 Å². The molecule has 9 aromatic rings. The molecule has 356 valence electrons. The molecule has 0 radical (unpaired) electrons. The second-order valence-electron chi connectivity index (χ2n) is 14.9. The van der Waals surface area contributed by atoms with E-state index in [4.69, 9.17) is 0 Å². The van der Waals surface area contributed by atoms with E-state index in [0.717, 1.165) is 15.9 Å². The van der Waals surface area contributed by atoms with Crippen molar-refractivity contribution in [2.45, 2.75) is 14.7 Å². The monoisotopic (exact) mass is 1130 g/mol. The van der Waals surface area contributed by atoms with E-state index < -0.39 is 54.1 Å². The first-order chi connectivity index (χ1) is 33.2. The molecule has 0 N–H and O–H groups in total. The molecule has 0 amide bonds. The summed E-state index contributed by atoms with van der Waals surface area (Å²) in [5, 5.41) is 10.0. The Morgan fingerprint density at radius 1 is 0.239 bits per heavy atom. The molecule has 0 bridgehead atoms. The van der Waals surface area contributed by atoms with Gasteiger partial charge in [0.05, 0.1) is 14.7 Å². The third-order valence-electron chi connectivity index (χ3n) is 10.2. The van der Waals surface area contributed by atoms with Crippen LogP contribution in [0.2, 0.25) is 0 Å². The second-order valence-corrected chi connectivity index (χ2v) is 25.7. The average molecular weight is 1130 g/mol. The van der Waals surface area contributed by atoms with Crippen molar-refractivity contribution in [1.82, 2.24) is 0 Å². The van der Waals surface area contributed by atoms with E-state index >= 15 is 0 Å². The fourth-order valence-electron chi connectivity index (χ4n) is 7.09. The second kappa shape index (κ2) is 26.8. The van der Waals surface area contributed by atoms with Crippen LogP contribution in [0.15, 0.2) is 269 Å². The Bertz CT molecular complexity index is 2900. The van der Waals surface area contributed by atoms with E-state index in [-0.39, 0.29) is 54.5 Å². The van der Waals surface area contributed by atoms with Crippen LogP contribution in [0.1, 0.15) is 1.43 Å². The summed E-state index contributed by atoms with van der Waals surface area (Å²) in [5.41, 5.74) is 0. The number of benzene rings is 9. The van der Waals surface area contributed by atoms with Gasteiger partial charge < -0.3 is 15.1 Å². The molecular weight excluding hydrogens is 1090 g/mol. The molecule has 17 heteroatoms. The van der Waals surface area contributed by atoms with Gasteiger partial charge in [-0.2, -0.15) is 0 Å². The van der Waals surface area contributed by atoms with Gasteiger partial charge >= 0.3 is 38.3 Å². The molecule has 0 saturated carbocycles. The average Bonchev–Trinajstić information content (AvgIpc) is 3.36. The minimum absolute atomic E-state index is 0. The third kappa shape index (κ3) is 16.1. The van der Waals surface area contributed by atoms with Gasteiger partial charge in [0.25, 0.3) is 0 Å². The minimum atomic E-state index is -4.42. The van der Waals surface area contributed by atoms with E-state index in [1.165, 1.54) is 68.2 Å². The summed E-state index contributed by atoms with van der Waals surface area (Å²) >= 11 is 0.